The normalized spacial score (nSPS) is 20.1. The molecule has 0 bridgehead atoms. The summed E-state index contributed by atoms with van der Waals surface area (Å²) in [6, 6.07) is 9.31. The minimum Gasteiger partial charge on any atom is -0.371 e. The van der Waals surface area contributed by atoms with Crippen molar-refractivity contribution in [1.29, 1.82) is 0 Å². The zero-order valence-corrected chi connectivity index (χ0v) is 11.8. The highest BCUT2D eigenvalue weighted by Gasteiger charge is 2.25. The Bertz CT molecular complexity index is 476. The van der Waals surface area contributed by atoms with Crippen molar-refractivity contribution >= 4 is 11.6 Å². The maximum absolute atomic E-state index is 11.2. The van der Waals surface area contributed by atoms with Crippen LogP contribution >= 0.6 is 0 Å². The van der Waals surface area contributed by atoms with Crippen LogP contribution in [0.25, 0.3) is 0 Å². The first-order chi connectivity index (χ1) is 9.74. The molecule has 1 aliphatic heterocycles. The van der Waals surface area contributed by atoms with E-state index in [2.05, 4.69) is 34.5 Å². The van der Waals surface area contributed by atoms with Gasteiger partial charge < -0.3 is 16.0 Å². The van der Waals surface area contributed by atoms with Gasteiger partial charge in [-0.25, -0.2) is 0 Å². The molecule has 1 saturated carbocycles. The van der Waals surface area contributed by atoms with E-state index in [4.69, 9.17) is 5.73 Å². The second-order valence-electron chi connectivity index (χ2n) is 5.95. The molecule has 1 amide bonds. The monoisotopic (exact) mass is 273 g/mol. The van der Waals surface area contributed by atoms with Gasteiger partial charge in [0.15, 0.2) is 0 Å². The largest absolute Gasteiger partial charge is 0.371 e. The number of rotatable bonds is 5. The molecule has 0 unspecified atom stereocenters. The van der Waals surface area contributed by atoms with E-state index < -0.39 is 0 Å². The van der Waals surface area contributed by atoms with Gasteiger partial charge in [0.05, 0.1) is 0 Å². The summed E-state index contributed by atoms with van der Waals surface area (Å²) in [5.74, 6) is -0.0867. The number of para-hydroxylation sites is 1. The van der Waals surface area contributed by atoms with E-state index in [1.165, 1.54) is 24.1 Å². The highest BCUT2D eigenvalue weighted by molar-refractivity contribution is 5.77. The van der Waals surface area contributed by atoms with Crippen molar-refractivity contribution in [2.24, 2.45) is 11.7 Å². The third kappa shape index (κ3) is 3.12. The Morgan fingerprint density at radius 3 is 2.55 bits per heavy atom. The first-order valence-electron chi connectivity index (χ1n) is 7.59. The molecule has 1 saturated heterocycles. The van der Waals surface area contributed by atoms with E-state index in [9.17, 15) is 4.79 Å². The minimum absolute atomic E-state index is 0.0583. The fraction of sp³-hybridized carbons (Fsp3) is 0.562. The molecule has 0 radical (unpaired) electrons. The Morgan fingerprint density at radius 2 is 1.90 bits per heavy atom. The van der Waals surface area contributed by atoms with Crippen LogP contribution in [0, 0.1) is 5.92 Å². The molecule has 2 fully saturated rings. The number of hydrogen-bond donors (Lipinski definition) is 2. The zero-order chi connectivity index (χ0) is 13.9. The van der Waals surface area contributed by atoms with Crippen LogP contribution in [0.2, 0.25) is 0 Å². The molecule has 4 nitrogen and oxygen atoms in total. The Hall–Kier alpha value is -1.55. The lowest BCUT2D eigenvalue weighted by atomic mass is 9.95. The summed E-state index contributed by atoms with van der Waals surface area (Å²) in [6.45, 7) is 2.79. The van der Waals surface area contributed by atoms with Gasteiger partial charge in [-0.15, -0.1) is 0 Å². The molecular weight excluding hydrogens is 250 g/mol. The summed E-state index contributed by atoms with van der Waals surface area (Å²) in [4.78, 5) is 13.6. The number of nitrogens with one attached hydrogen (secondary N) is 1. The van der Waals surface area contributed by atoms with Gasteiger partial charge in [-0.2, -0.15) is 0 Å². The standard InChI is InChI=1S/C16H23N3O/c17-16(20)12-7-9-19(10-8-12)15-4-2-1-3-13(15)11-18-14-5-6-14/h1-4,12,14,18H,5-11H2,(H2,17,20). The van der Waals surface area contributed by atoms with Gasteiger partial charge in [-0.1, -0.05) is 18.2 Å². The minimum atomic E-state index is -0.145. The maximum atomic E-state index is 11.2. The van der Waals surface area contributed by atoms with Gasteiger partial charge in [0, 0.05) is 37.3 Å². The van der Waals surface area contributed by atoms with Crippen LogP contribution in [-0.2, 0) is 11.3 Å². The second-order valence-corrected chi connectivity index (χ2v) is 5.95. The van der Waals surface area contributed by atoms with E-state index >= 15 is 0 Å². The topological polar surface area (TPSA) is 58.4 Å². The summed E-state index contributed by atoms with van der Waals surface area (Å²) in [6.07, 6.45) is 4.37. The van der Waals surface area contributed by atoms with Crippen molar-refractivity contribution in [1.82, 2.24) is 5.32 Å². The second kappa shape index (κ2) is 5.83. The highest BCUT2D eigenvalue weighted by atomic mass is 16.1. The smallest absolute Gasteiger partial charge is 0.220 e. The molecule has 0 atom stereocenters. The van der Waals surface area contributed by atoms with E-state index in [1.54, 1.807) is 0 Å². The molecule has 1 aliphatic carbocycles. The van der Waals surface area contributed by atoms with Crippen molar-refractivity contribution in [2.75, 3.05) is 18.0 Å². The van der Waals surface area contributed by atoms with Gasteiger partial charge in [0.2, 0.25) is 5.91 Å². The zero-order valence-electron chi connectivity index (χ0n) is 11.8. The summed E-state index contributed by atoms with van der Waals surface area (Å²) >= 11 is 0. The van der Waals surface area contributed by atoms with Gasteiger partial charge in [0.25, 0.3) is 0 Å². The average Bonchev–Trinajstić information content (AvgIpc) is 3.30. The molecule has 3 N–H and O–H groups in total. The van der Waals surface area contributed by atoms with Crippen molar-refractivity contribution < 1.29 is 4.79 Å². The van der Waals surface area contributed by atoms with Crippen LogP contribution in [-0.4, -0.2) is 25.0 Å². The number of nitrogens with zero attached hydrogens (tertiary/aromatic N) is 1. The molecule has 1 aromatic rings. The van der Waals surface area contributed by atoms with Crippen molar-refractivity contribution in [3.8, 4) is 0 Å². The first-order valence-corrected chi connectivity index (χ1v) is 7.59. The molecule has 4 heteroatoms. The number of piperidine rings is 1. The van der Waals surface area contributed by atoms with E-state index in [-0.39, 0.29) is 11.8 Å². The van der Waals surface area contributed by atoms with Crippen LogP contribution in [0.1, 0.15) is 31.2 Å². The maximum Gasteiger partial charge on any atom is 0.220 e. The van der Waals surface area contributed by atoms with E-state index in [1.807, 2.05) is 0 Å². The molecule has 1 aromatic carbocycles. The number of carbonyl (C=O) groups excluding carboxylic acids is 1. The number of anilines is 1. The summed E-state index contributed by atoms with van der Waals surface area (Å²) in [7, 11) is 0. The molecule has 108 valence electrons. The molecule has 0 aromatic heterocycles. The lowest BCUT2D eigenvalue weighted by Gasteiger charge is -2.33. The van der Waals surface area contributed by atoms with Crippen molar-refractivity contribution in [3.05, 3.63) is 29.8 Å². The number of carbonyl (C=O) groups is 1. The predicted octanol–water partition coefficient (Wildman–Crippen LogP) is 1.64. The lowest BCUT2D eigenvalue weighted by Crippen LogP contribution is -2.39. The summed E-state index contributed by atoms with van der Waals surface area (Å²) in [5.41, 5.74) is 8.07. The Balaban J connectivity index is 1.65. The van der Waals surface area contributed by atoms with E-state index in [0.717, 1.165) is 38.5 Å². The van der Waals surface area contributed by atoms with Crippen LogP contribution in [0.15, 0.2) is 24.3 Å². The van der Waals surface area contributed by atoms with Gasteiger partial charge in [0.1, 0.15) is 0 Å². The molecule has 0 spiro atoms. The van der Waals surface area contributed by atoms with Gasteiger partial charge in [-0.05, 0) is 37.3 Å². The fourth-order valence-corrected chi connectivity index (χ4v) is 2.92. The van der Waals surface area contributed by atoms with Crippen LogP contribution in [0.4, 0.5) is 5.69 Å². The molecule has 1 heterocycles. The molecule has 3 rings (SSSR count). The quantitative estimate of drug-likeness (QED) is 0.857. The summed E-state index contributed by atoms with van der Waals surface area (Å²) in [5, 5.41) is 3.58. The fourth-order valence-electron chi connectivity index (χ4n) is 2.92. The number of nitrogens with two attached hydrogens (primary N) is 1. The molecular formula is C16H23N3O. The van der Waals surface area contributed by atoms with Gasteiger partial charge >= 0.3 is 0 Å². The average molecular weight is 273 g/mol. The summed E-state index contributed by atoms with van der Waals surface area (Å²) < 4.78 is 0. The molecule has 2 aliphatic rings. The van der Waals surface area contributed by atoms with E-state index in [0.29, 0.717) is 0 Å². The third-order valence-corrected chi connectivity index (χ3v) is 4.39. The van der Waals surface area contributed by atoms with Crippen molar-refractivity contribution in [2.45, 2.75) is 38.3 Å². The Morgan fingerprint density at radius 1 is 1.20 bits per heavy atom. The lowest BCUT2D eigenvalue weighted by molar-refractivity contribution is -0.122. The first kappa shape index (κ1) is 13.4. The molecule has 20 heavy (non-hydrogen) atoms. The Kier molecular flexibility index (Phi) is 3.92. The number of hydrogen-bond acceptors (Lipinski definition) is 3. The van der Waals surface area contributed by atoms with Crippen LogP contribution in [0.3, 0.4) is 0 Å². The SMILES string of the molecule is NC(=O)C1CCN(c2ccccc2CNC2CC2)CC1. The van der Waals surface area contributed by atoms with Crippen LogP contribution in [0.5, 0.6) is 0 Å². The van der Waals surface area contributed by atoms with Crippen LogP contribution < -0.4 is 16.0 Å². The van der Waals surface area contributed by atoms with Crippen molar-refractivity contribution in [3.63, 3.8) is 0 Å². The predicted molar refractivity (Wildman–Crippen MR) is 80.4 cm³/mol. The number of primary amides is 1. The number of amides is 1. The third-order valence-electron chi connectivity index (χ3n) is 4.39. The highest BCUT2D eigenvalue weighted by Crippen LogP contribution is 2.27. The number of benzene rings is 1. The van der Waals surface area contributed by atoms with Gasteiger partial charge in [-0.3, -0.25) is 4.79 Å². The Labute approximate surface area is 120 Å².